The van der Waals surface area contributed by atoms with Crippen molar-refractivity contribution in [2.75, 3.05) is 12.3 Å². The Morgan fingerprint density at radius 1 is 1.45 bits per heavy atom. The van der Waals surface area contributed by atoms with Gasteiger partial charge in [-0.25, -0.2) is 18.1 Å². The summed E-state index contributed by atoms with van der Waals surface area (Å²) in [5.74, 6) is 0. The number of nitrogens with zero attached hydrogens (tertiary/aromatic N) is 1. The second-order valence-corrected chi connectivity index (χ2v) is 6.51. The molecule has 8 heteroatoms. The first-order valence-corrected chi connectivity index (χ1v) is 7.79. The Hall–Kier alpha value is -1.57. The molecule has 1 aromatic heterocycles. The van der Waals surface area contributed by atoms with Gasteiger partial charge < -0.3 is 10.7 Å². The molecule has 1 aromatic carbocycles. The Balaban J connectivity index is 2.10. The summed E-state index contributed by atoms with van der Waals surface area (Å²) < 4.78 is 26.8. The number of nitrogens with one attached hydrogen (secondary N) is 2. The molecule has 6 nitrogen and oxygen atoms in total. The molecule has 0 aliphatic heterocycles. The normalized spacial score (nSPS) is 11.7. The summed E-state index contributed by atoms with van der Waals surface area (Å²) in [6.07, 6.45) is 3.73. The number of imidazole rings is 1. The molecule has 0 amide bonds. The van der Waals surface area contributed by atoms with E-state index in [2.05, 4.69) is 14.7 Å². The van der Waals surface area contributed by atoms with Crippen LogP contribution in [0.4, 0.5) is 5.69 Å². The van der Waals surface area contributed by atoms with Gasteiger partial charge in [0.25, 0.3) is 0 Å². The fourth-order valence-electron chi connectivity index (χ4n) is 1.74. The summed E-state index contributed by atoms with van der Waals surface area (Å²) >= 11 is 5.92. The van der Waals surface area contributed by atoms with E-state index < -0.39 is 10.0 Å². The summed E-state index contributed by atoms with van der Waals surface area (Å²) in [5.41, 5.74) is 7.42. The molecule has 0 saturated carbocycles. The van der Waals surface area contributed by atoms with Crippen LogP contribution in [0.2, 0.25) is 5.02 Å². The molecule has 108 valence electrons. The maximum atomic E-state index is 12.1. The van der Waals surface area contributed by atoms with Gasteiger partial charge in [0.15, 0.2) is 0 Å². The van der Waals surface area contributed by atoms with Crippen LogP contribution in [0.5, 0.6) is 0 Å². The summed E-state index contributed by atoms with van der Waals surface area (Å²) in [4.78, 5) is 6.88. The predicted octanol–water partition coefficient (Wildman–Crippen LogP) is 1.47. The number of nitrogens with two attached hydrogens (primary N) is 1. The lowest BCUT2D eigenvalue weighted by molar-refractivity contribution is 0.581. The van der Waals surface area contributed by atoms with Crippen LogP contribution in [-0.4, -0.2) is 24.9 Å². The van der Waals surface area contributed by atoms with Gasteiger partial charge >= 0.3 is 0 Å². The van der Waals surface area contributed by atoms with Crippen molar-refractivity contribution >= 4 is 27.3 Å². The fraction of sp³-hybridized carbons (Fsp3) is 0.250. The van der Waals surface area contributed by atoms with E-state index in [0.717, 1.165) is 5.69 Å². The molecule has 0 spiro atoms. The van der Waals surface area contributed by atoms with Crippen molar-refractivity contribution in [3.8, 4) is 0 Å². The topological polar surface area (TPSA) is 101 Å². The molecule has 20 heavy (non-hydrogen) atoms. The number of sulfonamides is 1. The van der Waals surface area contributed by atoms with Crippen LogP contribution in [-0.2, 0) is 16.4 Å². The van der Waals surface area contributed by atoms with E-state index in [0.29, 0.717) is 17.0 Å². The minimum Gasteiger partial charge on any atom is -0.397 e. The molecule has 2 rings (SSSR count). The van der Waals surface area contributed by atoms with Crippen LogP contribution in [0.1, 0.15) is 11.3 Å². The number of anilines is 1. The van der Waals surface area contributed by atoms with Crippen molar-refractivity contribution in [1.82, 2.24) is 14.7 Å². The van der Waals surface area contributed by atoms with Crippen LogP contribution >= 0.6 is 11.6 Å². The van der Waals surface area contributed by atoms with Gasteiger partial charge in [-0.15, -0.1) is 0 Å². The average molecular weight is 315 g/mol. The van der Waals surface area contributed by atoms with Crippen LogP contribution in [0, 0.1) is 6.92 Å². The molecule has 0 bridgehead atoms. The number of H-pyrrole nitrogens is 1. The van der Waals surface area contributed by atoms with Gasteiger partial charge in [0.1, 0.15) is 0 Å². The highest BCUT2D eigenvalue weighted by molar-refractivity contribution is 7.89. The van der Waals surface area contributed by atoms with Crippen LogP contribution < -0.4 is 10.5 Å². The van der Waals surface area contributed by atoms with Crippen molar-refractivity contribution < 1.29 is 8.42 Å². The minimum atomic E-state index is -3.60. The molecule has 0 fully saturated rings. The molecular formula is C12H15ClN4O2S. The van der Waals surface area contributed by atoms with Crippen LogP contribution in [0.3, 0.4) is 0 Å². The summed E-state index contributed by atoms with van der Waals surface area (Å²) in [5, 5.41) is 0.376. The first-order chi connectivity index (χ1) is 9.40. The number of aromatic nitrogens is 2. The molecule has 0 saturated heterocycles. The number of aryl methyl sites for hydroxylation is 1. The van der Waals surface area contributed by atoms with Crippen molar-refractivity contribution in [2.24, 2.45) is 0 Å². The summed E-state index contributed by atoms with van der Waals surface area (Å²) in [6, 6.07) is 2.85. The smallest absolute Gasteiger partial charge is 0.240 e. The molecule has 0 radical (unpaired) electrons. The quantitative estimate of drug-likeness (QED) is 0.727. The molecule has 0 aliphatic carbocycles. The van der Waals surface area contributed by atoms with Gasteiger partial charge in [0, 0.05) is 24.9 Å². The number of benzene rings is 1. The van der Waals surface area contributed by atoms with Gasteiger partial charge in [-0.2, -0.15) is 0 Å². The average Bonchev–Trinajstić information content (AvgIpc) is 2.88. The van der Waals surface area contributed by atoms with Gasteiger partial charge in [-0.05, 0) is 24.6 Å². The molecule has 1 heterocycles. The van der Waals surface area contributed by atoms with Gasteiger partial charge in [0.05, 0.1) is 21.9 Å². The van der Waals surface area contributed by atoms with E-state index in [1.807, 2.05) is 0 Å². The zero-order valence-corrected chi connectivity index (χ0v) is 12.4. The first kappa shape index (κ1) is 14.8. The van der Waals surface area contributed by atoms with E-state index >= 15 is 0 Å². The van der Waals surface area contributed by atoms with E-state index in [9.17, 15) is 8.42 Å². The van der Waals surface area contributed by atoms with Gasteiger partial charge in [-0.1, -0.05) is 11.6 Å². The molecular weight excluding hydrogens is 300 g/mol. The Bertz CT molecular complexity index is 675. The van der Waals surface area contributed by atoms with Crippen LogP contribution in [0.25, 0.3) is 0 Å². The molecule has 0 aliphatic rings. The maximum Gasteiger partial charge on any atom is 0.240 e. The highest BCUT2D eigenvalue weighted by Gasteiger charge is 2.16. The van der Waals surface area contributed by atoms with E-state index in [4.69, 9.17) is 17.3 Å². The Morgan fingerprint density at radius 2 is 2.20 bits per heavy atom. The fourth-order valence-corrected chi connectivity index (χ4v) is 3.00. The highest BCUT2D eigenvalue weighted by atomic mass is 35.5. The number of nitrogen functional groups attached to an aromatic ring is 1. The maximum absolute atomic E-state index is 12.1. The number of hydrogen-bond donors (Lipinski definition) is 3. The van der Waals surface area contributed by atoms with Crippen molar-refractivity contribution in [3.63, 3.8) is 0 Å². The molecule has 0 unspecified atom stereocenters. The third kappa shape index (κ3) is 3.30. The third-order valence-electron chi connectivity index (χ3n) is 2.81. The Labute approximate surface area is 122 Å². The lowest BCUT2D eigenvalue weighted by Gasteiger charge is -2.09. The number of rotatable bonds is 5. The third-order valence-corrected chi connectivity index (χ3v) is 4.76. The monoisotopic (exact) mass is 314 g/mol. The van der Waals surface area contributed by atoms with Gasteiger partial charge in [-0.3, -0.25) is 0 Å². The lowest BCUT2D eigenvalue weighted by Crippen LogP contribution is -2.26. The molecule has 4 N–H and O–H groups in total. The predicted molar refractivity (Wildman–Crippen MR) is 78.1 cm³/mol. The number of hydrogen-bond acceptors (Lipinski definition) is 4. The van der Waals surface area contributed by atoms with Gasteiger partial charge in [0.2, 0.25) is 10.0 Å². The van der Waals surface area contributed by atoms with E-state index in [1.54, 1.807) is 19.4 Å². The van der Waals surface area contributed by atoms with Crippen molar-refractivity contribution in [1.29, 1.82) is 0 Å². The Kier molecular flexibility index (Phi) is 4.32. The first-order valence-electron chi connectivity index (χ1n) is 5.92. The van der Waals surface area contributed by atoms with E-state index in [-0.39, 0.29) is 17.1 Å². The number of halogens is 1. The number of aromatic amines is 1. The van der Waals surface area contributed by atoms with Crippen molar-refractivity contribution in [3.05, 3.63) is 40.9 Å². The summed E-state index contributed by atoms with van der Waals surface area (Å²) in [6.45, 7) is 1.98. The highest BCUT2D eigenvalue weighted by Crippen LogP contribution is 2.26. The second kappa shape index (κ2) is 5.82. The zero-order valence-electron chi connectivity index (χ0n) is 10.9. The lowest BCUT2D eigenvalue weighted by atomic mass is 10.2. The molecule has 0 atom stereocenters. The molecule has 2 aromatic rings. The Morgan fingerprint density at radius 3 is 2.80 bits per heavy atom. The van der Waals surface area contributed by atoms with Crippen molar-refractivity contribution in [2.45, 2.75) is 18.2 Å². The minimum absolute atomic E-state index is 0.113. The SMILES string of the molecule is Cc1cc(S(=O)(=O)NCCc2cnc[nH]2)cc(N)c1Cl. The van der Waals surface area contributed by atoms with E-state index in [1.165, 1.54) is 12.1 Å². The standard InChI is InChI=1S/C12H15ClN4O2S/c1-8-4-10(5-11(14)12(8)13)20(18,19)17-3-2-9-6-15-7-16-9/h4-7,17H,2-3,14H2,1H3,(H,15,16). The zero-order chi connectivity index (χ0) is 14.8. The second-order valence-electron chi connectivity index (χ2n) is 4.37. The van der Waals surface area contributed by atoms with Crippen LogP contribution in [0.15, 0.2) is 29.6 Å². The largest absolute Gasteiger partial charge is 0.397 e. The summed E-state index contributed by atoms with van der Waals surface area (Å²) in [7, 11) is -3.60.